The van der Waals surface area contributed by atoms with Gasteiger partial charge in [-0.05, 0) is 86.0 Å². The van der Waals surface area contributed by atoms with Crippen LogP contribution in [0.4, 0.5) is 0 Å². The van der Waals surface area contributed by atoms with Crippen molar-refractivity contribution in [2.75, 3.05) is 0 Å². The molecule has 1 spiro atoms. The Kier molecular flexibility index (Phi) is 7.49. The fourth-order valence-corrected chi connectivity index (χ4v) is 10.6. The fourth-order valence-electron chi connectivity index (χ4n) is 10.6. The summed E-state index contributed by atoms with van der Waals surface area (Å²) >= 11 is 0. The summed E-state index contributed by atoms with van der Waals surface area (Å²) in [6.45, 7) is 0. The lowest BCUT2D eigenvalue weighted by Crippen LogP contribution is -2.25. The summed E-state index contributed by atoms with van der Waals surface area (Å²) in [7, 11) is 0. The van der Waals surface area contributed by atoms with Crippen LogP contribution in [0.25, 0.3) is 95.0 Å². The van der Waals surface area contributed by atoms with Crippen LogP contribution in [-0.2, 0) is 5.41 Å². The van der Waals surface area contributed by atoms with Crippen molar-refractivity contribution >= 4 is 21.8 Å². The van der Waals surface area contributed by atoms with Gasteiger partial charge in [-0.2, -0.15) is 0 Å². The molecule has 4 nitrogen and oxygen atoms in total. The van der Waals surface area contributed by atoms with Gasteiger partial charge in [0.25, 0.3) is 0 Å². The second-order valence-electron chi connectivity index (χ2n) is 16.3. The van der Waals surface area contributed by atoms with Crippen LogP contribution in [0, 0.1) is 0 Å². The Morgan fingerprint density at radius 1 is 0.306 bits per heavy atom. The highest BCUT2D eigenvalue weighted by molar-refractivity contribution is 6.13. The second kappa shape index (κ2) is 13.4. The van der Waals surface area contributed by atoms with E-state index in [1.807, 2.05) is 18.2 Å². The molecule has 0 radical (unpaired) electrons. The standard InChI is InChI=1S/C58H36N4/c1-3-18-37(19-4-1)55-59-56(61-57(60-55)48-29-17-28-46-45-26-12-16-33-53(45)62(54(46)48)39-20-5-2-6-21-39)47-27-8-7-22-40(47)38-34-35-44-43-25-11-15-32-51(43)58(52(44)36-38)49-30-13-9-23-41(49)42-24-10-14-31-50(42)58/h1-36H. The van der Waals surface area contributed by atoms with Crippen molar-refractivity contribution in [2.45, 2.75) is 5.41 Å². The van der Waals surface area contributed by atoms with E-state index in [2.05, 4.69) is 205 Å². The molecular formula is C58H36N4. The molecule has 62 heavy (non-hydrogen) atoms. The molecule has 13 rings (SSSR count). The molecule has 2 heterocycles. The van der Waals surface area contributed by atoms with Crippen molar-refractivity contribution in [3.63, 3.8) is 0 Å². The minimum atomic E-state index is -0.444. The van der Waals surface area contributed by atoms with Crippen LogP contribution < -0.4 is 0 Å². The number of rotatable bonds is 5. The van der Waals surface area contributed by atoms with E-state index in [9.17, 15) is 0 Å². The second-order valence-corrected chi connectivity index (χ2v) is 16.3. The molecule has 4 heteroatoms. The van der Waals surface area contributed by atoms with E-state index in [1.54, 1.807) is 0 Å². The molecule has 0 unspecified atom stereocenters. The molecule has 0 atom stereocenters. The first kappa shape index (κ1) is 34.6. The minimum absolute atomic E-state index is 0.444. The maximum Gasteiger partial charge on any atom is 0.166 e. The third kappa shape index (κ3) is 4.86. The average Bonchev–Trinajstić information content (AvgIpc) is 3.96. The molecule has 0 saturated carbocycles. The molecular weight excluding hydrogens is 753 g/mol. The highest BCUT2D eigenvalue weighted by Crippen LogP contribution is 2.63. The van der Waals surface area contributed by atoms with E-state index in [0.717, 1.165) is 49.9 Å². The van der Waals surface area contributed by atoms with Gasteiger partial charge in [-0.3, -0.25) is 0 Å². The van der Waals surface area contributed by atoms with Crippen LogP contribution >= 0.6 is 0 Å². The quantitative estimate of drug-likeness (QED) is 0.174. The van der Waals surface area contributed by atoms with Crippen LogP contribution in [0.15, 0.2) is 218 Å². The highest BCUT2D eigenvalue weighted by Gasteiger charge is 2.51. The number of para-hydroxylation sites is 3. The van der Waals surface area contributed by atoms with Gasteiger partial charge in [-0.1, -0.05) is 188 Å². The maximum atomic E-state index is 5.44. The Morgan fingerprint density at radius 3 is 1.47 bits per heavy atom. The summed E-state index contributed by atoms with van der Waals surface area (Å²) in [5.41, 5.74) is 18.2. The summed E-state index contributed by atoms with van der Waals surface area (Å²) < 4.78 is 2.34. The summed E-state index contributed by atoms with van der Waals surface area (Å²) in [5.74, 6) is 1.87. The molecule has 0 amide bonds. The largest absolute Gasteiger partial charge is 0.309 e. The van der Waals surface area contributed by atoms with E-state index in [1.165, 1.54) is 49.9 Å². The number of hydrogen-bond donors (Lipinski definition) is 0. The monoisotopic (exact) mass is 788 g/mol. The zero-order chi connectivity index (χ0) is 40.8. The van der Waals surface area contributed by atoms with Crippen molar-refractivity contribution < 1.29 is 0 Å². The van der Waals surface area contributed by atoms with Gasteiger partial charge in [-0.15, -0.1) is 0 Å². The van der Waals surface area contributed by atoms with Gasteiger partial charge in [-0.25, -0.2) is 15.0 Å². The number of fused-ring (bicyclic) bond motifs is 13. The Labute approximate surface area is 359 Å². The SMILES string of the molecule is c1ccc(-c2nc(-c3ccccc3-c3ccc4c(c3)C3(c5ccccc5-c5ccccc53)c3ccccc3-4)nc(-c3cccc4c5ccccc5n(-c5ccccc5)c34)n2)cc1. The van der Waals surface area contributed by atoms with E-state index in [0.29, 0.717) is 17.5 Å². The molecule has 288 valence electrons. The Hall–Kier alpha value is -8.21. The number of benzene rings is 9. The van der Waals surface area contributed by atoms with Gasteiger partial charge >= 0.3 is 0 Å². The van der Waals surface area contributed by atoms with E-state index in [4.69, 9.17) is 15.0 Å². The fraction of sp³-hybridized carbons (Fsp3) is 0.0172. The predicted molar refractivity (Wildman–Crippen MR) is 252 cm³/mol. The van der Waals surface area contributed by atoms with E-state index >= 15 is 0 Å². The van der Waals surface area contributed by atoms with E-state index < -0.39 is 5.41 Å². The lowest BCUT2D eigenvalue weighted by atomic mass is 9.70. The minimum Gasteiger partial charge on any atom is -0.309 e. The first-order valence-corrected chi connectivity index (χ1v) is 21.2. The highest BCUT2D eigenvalue weighted by atomic mass is 15.0. The molecule has 0 aliphatic heterocycles. The van der Waals surface area contributed by atoms with Crippen molar-refractivity contribution in [1.82, 2.24) is 19.5 Å². The number of aromatic nitrogens is 4. The van der Waals surface area contributed by atoms with Gasteiger partial charge in [0.15, 0.2) is 17.5 Å². The van der Waals surface area contributed by atoms with Crippen LogP contribution in [0.2, 0.25) is 0 Å². The van der Waals surface area contributed by atoms with E-state index in [-0.39, 0.29) is 0 Å². The Balaban J connectivity index is 1.05. The van der Waals surface area contributed by atoms with Crippen molar-refractivity contribution in [3.05, 3.63) is 241 Å². The maximum absolute atomic E-state index is 5.44. The zero-order valence-electron chi connectivity index (χ0n) is 33.6. The molecule has 2 aliphatic rings. The predicted octanol–water partition coefficient (Wildman–Crippen LogP) is 14.0. The molecule has 0 fully saturated rings. The molecule has 2 aromatic heterocycles. The van der Waals surface area contributed by atoms with Gasteiger partial charge in [0.2, 0.25) is 0 Å². The third-order valence-corrected chi connectivity index (χ3v) is 13.1. The Bertz CT molecular complexity index is 3520. The van der Waals surface area contributed by atoms with Crippen molar-refractivity contribution in [2.24, 2.45) is 0 Å². The van der Waals surface area contributed by atoms with Gasteiger partial charge in [0.1, 0.15) is 0 Å². The molecule has 0 bridgehead atoms. The van der Waals surface area contributed by atoms with Gasteiger partial charge < -0.3 is 4.57 Å². The Morgan fingerprint density at radius 2 is 0.790 bits per heavy atom. The van der Waals surface area contributed by atoms with Crippen LogP contribution in [0.1, 0.15) is 22.3 Å². The normalized spacial score (nSPS) is 13.0. The molecule has 2 aliphatic carbocycles. The average molecular weight is 789 g/mol. The summed E-state index contributed by atoms with van der Waals surface area (Å²) in [6, 6.07) is 78.4. The van der Waals surface area contributed by atoms with Gasteiger partial charge in [0, 0.05) is 33.2 Å². The van der Waals surface area contributed by atoms with Crippen molar-refractivity contribution in [3.8, 4) is 73.2 Å². The molecule has 11 aromatic rings. The van der Waals surface area contributed by atoms with Crippen LogP contribution in [-0.4, -0.2) is 19.5 Å². The number of nitrogens with zero attached hydrogens (tertiary/aromatic N) is 4. The first-order chi connectivity index (χ1) is 30.8. The van der Waals surface area contributed by atoms with Crippen LogP contribution in [0.5, 0.6) is 0 Å². The van der Waals surface area contributed by atoms with Crippen molar-refractivity contribution in [1.29, 1.82) is 0 Å². The zero-order valence-corrected chi connectivity index (χ0v) is 33.6. The molecule has 0 saturated heterocycles. The first-order valence-electron chi connectivity index (χ1n) is 21.2. The number of hydrogen-bond acceptors (Lipinski definition) is 3. The third-order valence-electron chi connectivity index (χ3n) is 13.1. The molecule has 0 N–H and O–H groups in total. The van der Waals surface area contributed by atoms with Gasteiger partial charge in [0.05, 0.1) is 16.4 Å². The summed E-state index contributed by atoms with van der Waals surface area (Å²) in [5, 5.41) is 2.33. The summed E-state index contributed by atoms with van der Waals surface area (Å²) in [4.78, 5) is 16.0. The lowest BCUT2D eigenvalue weighted by Gasteiger charge is -2.30. The smallest absolute Gasteiger partial charge is 0.166 e. The molecule has 9 aromatic carbocycles. The summed E-state index contributed by atoms with van der Waals surface area (Å²) in [6.07, 6.45) is 0. The lowest BCUT2D eigenvalue weighted by molar-refractivity contribution is 0.794. The van der Waals surface area contributed by atoms with Crippen LogP contribution in [0.3, 0.4) is 0 Å². The topological polar surface area (TPSA) is 43.6 Å².